The van der Waals surface area contributed by atoms with Gasteiger partial charge in [-0.1, -0.05) is 6.92 Å². The molecule has 0 bridgehead atoms. The van der Waals surface area contributed by atoms with Gasteiger partial charge >= 0.3 is 5.97 Å². The Hall–Kier alpha value is -0.800. The van der Waals surface area contributed by atoms with Gasteiger partial charge in [0.15, 0.2) is 5.75 Å². The number of hydrogen-bond acceptors (Lipinski definition) is 4. The van der Waals surface area contributed by atoms with Crippen LogP contribution in [-0.2, 0) is 4.79 Å². The fraction of sp³-hybridized carbons (Fsp3) is 0.235. The van der Waals surface area contributed by atoms with Gasteiger partial charge in [0, 0.05) is 6.42 Å². The zero-order valence-corrected chi connectivity index (χ0v) is 18.4. The normalized spacial score (nSPS) is 10.4. The van der Waals surface area contributed by atoms with Crippen LogP contribution in [0.15, 0.2) is 39.3 Å². The van der Waals surface area contributed by atoms with Crippen molar-refractivity contribution in [2.45, 2.75) is 19.8 Å². The molecule has 0 atom stereocenters. The van der Waals surface area contributed by atoms with E-state index in [1.165, 1.54) is 0 Å². The Morgan fingerprint density at radius 1 is 1.12 bits per heavy atom. The highest BCUT2D eigenvalue weighted by molar-refractivity contribution is 14.1. The topological polar surface area (TPSA) is 44.8 Å². The van der Waals surface area contributed by atoms with Crippen molar-refractivity contribution in [3.05, 3.63) is 42.8 Å². The molecule has 0 spiro atoms. The van der Waals surface area contributed by atoms with Crippen molar-refractivity contribution >= 4 is 60.4 Å². The Labute approximate surface area is 171 Å². The monoisotopic (exact) mass is 568 g/mol. The number of esters is 1. The molecule has 0 aromatic heterocycles. The van der Waals surface area contributed by atoms with Gasteiger partial charge in [-0.05, 0) is 91.2 Å². The lowest BCUT2D eigenvalue weighted by atomic mass is 10.3. The first-order chi connectivity index (χ1) is 11.4. The van der Waals surface area contributed by atoms with Crippen molar-refractivity contribution in [1.29, 1.82) is 0 Å². The number of ether oxygens (including phenoxy) is 3. The number of carbonyl (C=O) groups excluding carboxylic acids is 1. The van der Waals surface area contributed by atoms with E-state index in [1.807, 2.05) is 25.1 Å². The first kappa shape index (κ1) is 19.5. The van der Waals surface area contributed by atoms with Gasteiger partial charge in [0.25, 0.3) is 0 Å². The minimum Gasteiger partial charge on any atom is -0.496 e. The molecule has 0 aliphatic heterocycles. The van der Waals surface area contributed by atoms with Crippen LogP contribution in [-0.4, -0.2) is 13.1 Å². The van der Waals surface area contributed by atoms with Crippen LogP contribution in [0.1, 0.15) is 19.8 Å². The maximum absolute atomic E-state index is 11.6. The van der Waals surface area contributed by atoms with Crippen LogP contribution in [0.4, 0.5) is 0 Å². The second-order valence-electron chi connectivity index (χ2n) is 4.84. The summed E-state index contributed by atoms with van der Waals surface area (Å²) < 4.78 is 18.8. The molecule has 0 unspecified atom stereocenters. The van der Waals surface area contributed by atoms with E-state index in [0.717, 1.165) is 15.7 Å². The summed E-state index contributed by atoms with van der Waals surface area (Å²) >= 11 is 9.10. The lowest BCUT2D eigenvalue weighted by molar-refractivity contribution is -0.134. The second-order valence-corrected chi connectivity index (χ2v) is 7.71. The third-order valence-corrected chi connectivity index (χ3v) is 5.02. The molecule has 0 saturated carbocycles. The summed E-state index contributed by atoms with van der Waals surface area (Å²) in [6, 6.07) is 8.98. The van der Waals surface area contributed by atoms with Crippen LogP contribution in [0, 0.1) is 3.57 Å². The van der Waals surface area contributed by atoms with E-state index in [-0.39, 0.29) is 5.97 Å². The molecule has 128 valence electrons. The fourth-order valence-electron chi connectivity index (χ4n) is 1.91. The summed E-state index contributed by atoms with van der Waals surface area (Å²) in [5.41, 5.74) is 0. The van der Waals surface area contributed by atoms with E-state index in [2.05, 4.69) is 54.5 Å². The number of methoxy groups -OCH3 is 1. The van der Waals surface area contributed by atoms with E-state index in [4.69, 9.17) is 14.2 Å². The van der Waals surface area contributed by atoms with Crippen molar-refractivity contribution < 1.29 is 19.0 Å². The average molecular weight is 570 g/mol. The van der Waals surface area contributed by atoms with Crippen molar-refractivity contribution in [1.82, 2.24) is 0 Å². The molecule has 7 heteroatoms. The smallest absolute Gasteiger partial charge is 0.311 e. The molecule has 0 fully saturated rings. The van der Waals surface area contributed by atoms with Crippen molar-refractivity contribution in [3.63, 3.8) is 0 Å². The summed E-state index contributed by atoms with van der Waals surface area (Å²) in [4.78, 5) is 11.6. The van der Waals surface area contributed by atoms with Gasteiger partial charge in [-0.3, -0.25) is 4.79 Å². The third kappa shape index (κ3) is 5.10. The van der Waals surface area contributed by atoms with Crippen molar-refractivity contribution in [2.75, 3.05) is 7.11 Å². The number of carbonyl (C=O) groups is 1. The molecule has 0 heterocycles. The van der Waals surface area contributed by atoms with Crippen LogP contribution in [0.5, 0.6) is 23.0 Å². The lowest BCUT2D eigenvalue weighted by Crippen LogP contribution is -2.07. The summed E-state index contributed by atoms with van der Waals surface area (Å²) in [7, 11) is 1.63. The van der Waals surface area contributed by atoms with Crippen LogP contribution in [0.3, 0.4) is 0 Å². The Bertz CT molecular complexity index is 726. The maximum atomic E-state index is 11.6. The van der Waals surface area contributed by atoms with E-state index in [1.54, 1.807) is 19.2 Å². The molecule has 2 rings (SSSR count). The van der Waals surface area contributed by atoms with Crippen LogP contribution >= 0.6 is 54.5 Å². The second kappa shape index (κ2) is 9.05. The van der Waals surface area contributed by atoms with E-state index >= 15 is 0 Å². The Morgan fingerprint density at radius 3 is 2.33 bits per heavy atom. The molecule has 0 radical (unpaired) electrons. The van der Waals surface area contributed by atoms with Gasteiger partial charge in [-0.15, -0.1) is 0 Å². The van der Waals surface area contributed by atoms with Gasteiger partial charge in [-0.2, -0.15) is 0 Å². The predicted molar refractivity (Wildman–Crippen MR) is 108 cm³/mol. The van der Waals surface area contributed by atoms with Gasteiger partial charge in [0.1, 0.15) is 17.2 Å². The molecular weight excluding hydrogens is 555 g/mol. The summed E-state index contributed by atoms with van der Waals surface area (Å²) in [5.74, 6) is 2.28. The molecule has 0 aliphatic rings. The lowest BCUT2D eigenvalue weighted by Gasteiger charge is -2.13. The molecule has 24 heavy (non-hydrogen) atoms. The Morgan fingerprint density at radius 2 is 1.79 bits per heavy atom. The molecule has 0 aliphatic carbocycles. The number of hydrogen-bond donors (Lipinski definition) is 0. The molecule has 0 saturated heterocycles. The molecule has 4 nitrogen and oxygen atoms in total. The summed E-state index contributed by atoms with van der Waals surface area (Å²) in [6.45, 7) is 1.93. The van der Waals surface area contributed by atoms with E-state index in [9.17, 15) is 4.79 Å². The quantitative estimate of drug-likeness (QED) is 0.232. The summed E-state index contributed by atoms with van der Waals surface area (Å²) in [5, 5.41) is 0. The maximum Gasteiger partial charge on any atom is 0.311 e. The van der Waals surface area contributed by atoms with Crippen LogP contribution in [0.25, 0.3) is 0 Å². The molecular formula is C17H15Br2IO4. The molecule has 2 aromatic rings. The third-order valence-electron chi connectivity index (χ3n) is 3.00. The van der Waals surface area contributed by atoms with Gasteiger partial charge < -0.3 is 14.2 Å². The number of halogens is 3. The standard InChI is InChI=1S/C17H15Br2IO4/c1-3-4-16(21)23-11-7-12(18)17(13(19)8-11)24-10-5-6-15(22-2)14(20)9-10/h5-9H,3-4H2,1-2H3. The van der Waals surface area contributed by atoms with Crippen molar-refractivity contribution in [3.8, 4) is 23.0 Å². The number of benzene rings is 2. The highest BCUT2D eigenvalue weighted by Gasteiger charge is 2.14. The molecule has 0 N–H and O–H groups in total. The van der Waals surface area contributed by atoms with E-state index < -0.39 is 0 Å². The van der Waals surface area contributed by atoms with Crippen LogP contribution < -0.4 is 14.2 Å². The molecule has 2 aromatic carbocycles. The first-order valence-electron chi connectivity index (χ1n) is 7.15. The Balaban J connectivity index is 2.22. The zero-order chi connectivity index (χ0) is 17.7. The highest BCUT2D eigenvalue weighted by Crippen LogP contribution is 2.40. The highest BCUT2D eigenvalue weighted by atomic mass is 127. The average Bonchev–Trinajstić information content (AvgIpc) is 2.51. The fourth-order valence-corrected chi connectivity index (χ4v) is 3.92. The van der Waals surface area contributed by atoms with Gasteiger partial charge in [-0.25, -0.2) is 0 Å². The first-order valence-corrected chi connectivity index (χ1v) is 9.82. The van der Waals surface area contributed by atoms with Crippen LogP contribution in [0.2, 0.25) is 0 Å². The van der Waals surface area contributed by atoms with Gasteiger partial charge in [0.2, 0.25) is 0 Å². The molecule has 0 amide bonds. The predicted octanol–water partition coefficient (Wildman–Crippen LogP) is 6.32. The minimum atomic E-state index is -0.255. The van der Waals surface area contributed by atoms with E-state index in [0.29, 0.717) is 32.6 Å². The SMILES string of the molecule is CCCC(=O)Oc1cc(Br)c(Oc2ccc(OC)c(I)c2)c(Br)c1. The van der Waals surface area contributed by atoms with Gasteiger partial charge in [0.05, 0.1) is 19.6 Å². The number of rotatable bonds is 6. The minimum absolute atomic E-state index is 0.255. The largest absolute Gasteiger partial charge is 0.496 e. The van der Waals surface area contributed by atoms with Crippen molar-refractivity contribution in [2.24, 2.45) is 0 Å². The Kier molecular flexibility index (Phi) is 7.36. The zero-order valence-electron chi connectivity index (χ0n) is 13.1. The summed E-state index contributed by atoms with van der Waals surface area (Å²) in [6.07, 6.45) is 1.14.